The third kappa shape index (κ3) is 37.0. The molecule has 0 bridgehead atoms. The normalized spacial score (nSPS) is 11.0. The minimum atomic E-state index is -4.80. The summed E-state index contributed by atoms with van der Waals surface area (Å²) in [6.45, 7) is 15.5. The maximum Gasteiger partial charge on any atom is 2.00 e. The van der Waals surface area contributed by atoms with Crippen molar-refractivity contribution in [2.75, 3.05) is 26.4 Å². The Morgan fingerprint density at radius 1 is 0.338 bits per heavy atom. The summed E-state index contributed by atoms with van der Waals surface area (Å²) in [5.74, 6) is -3.17. The van der Waals surface area contributed by atoms with E-state index in [0.717, 1.165) is 178 Å². The Hall–Kier alpha value is -3.64. The molecule has 0 spiro atoms. The molecule has 0 radical (unpaired) electrons. The summed E-state index contributed by atoms with van der Waals surface area (Å²) in [6.07, 6.45) is 40.9. The fraction of sp³-hybridized carbons (Fsp3) is 0.600. The fourth-order valence-electron chi connectivity index (χ4n) is 8.12. The number of carbonyl (C=O) groups is 4. The van der Waals surface area contributed by atoms with Gasteiger partial charge in [-0.3, -0.25) is 0 Å². The second-order valence-corrected chi connectivity index (χ2v) is 21.8. The van der Waals surface area contributed by atoms with E-state index >= 15 is 0 Å². The van der Waals surface area contributed by atoms with Crippen LogP contribution in [0.3, 0.4) is 0 Å². The molecule has 0 N–H and O–H groups in total. The first-order valence-corrected chi connectivity index (χ1v) is 30.8. The van der Waals surface area contributed by atoms with Crippen LogP contribution in [0.25, 0.3) is 0 Å². The van der Waals surface area contributed by atoms with E-state index in [-0.39, 0.29) is 86.4 Å². The van der Waals surface area contributed by atoms with E-state index in [1.54, 1.807) is 0 Å². The molecule has 2 aromatic rings. The van der Waals surface area contributed by atoms with Crippen molar-refractivity contribution in [2.45, 2.75) is 215 Å². The second kappa shape index (κ2) is 47.2. The fourth-order valence-corrected chi connectivity index (χ4v) is 9.11. The first-order chi connectivity index (χ1) is 36.6. The largest absolute Gasteiger partial charge is 2.00 e. The molecule has 0 fully saturated rings. The maximum absolute atomic E-state index is 12.7. The molecule has 2 aromatic carbocycles. The summed E-state index contributed by atoms with van der Waals surface area (Å²) in [5, 5.41) is 0. The molecule has 0 aliphatic heterocycles. The average molecular weight is 1140 g/mol. The summed E-state index contributed by atoms with van der Waals surface area (Å²) in [5.41, 5.74) is -0.754. The van der Waals surface area contributed by atoms with Crippen LogP contribution in [0.4, 0.5) is 0 Å². The minimum Gasteiger partial charge on any atom is -0.744 e. The van der Waals surface area contributed by atoms with Gasteiger partial charge in [0, 0.05) is 0 Å². The van der Waals surface area contributed by atoms with E-state index in [0.29, 0.717) is 25.7 Å². The molecule has 2 rings (SSSR count). The van der Waals surface area contributed by atoms with Gasteiger partial charge in [0.05, 0.1) is 58.5 Å². The van der Waals surface area contributed by atoms with Crippen LogP contribution in [0.15, 0.2) is 96.8 Å². The van der Waals surface area contributed by atoms with Crippen molar-refractivity contribution in [1.29, 1.82) is 0 Å². The zero-order valence-electron chi connectivity index (χ0n) is 46.3. The molecule has 0 saturated heterocycles. The molecule has 0 atom stereocenters. The SMILES string of the molecule is C=CCCCCCCCCCOC(=O)c1ccc(S(=O)(=O)[O-])cc1C(=O)OCCCCCCCCCC=C.C=CCCCCCCCCCOC(=O)c1ccc(S(=O)(=O)[O-])cc1C(=O)OCCCCCCCCCC=C.[Ca+2]. The van der Waals surface area contributed by atoms with Gasteiger partial charge >= 0.3 is 61.6 Å². The van der Waals surface area contributed by atoms with Crippen molar-refractivity contribution in [2.24, 2.45) is 0 Å². The van der Waals surface area contributed by atoms with Gasteiger partial charge in [-0.25, -0.2) is 36.0 Å². The number of hydrogen-bond donors (Lipinski definition) is 0. The monoisotopic (exact) mass is 1140 g/mol. The molecule has 14 nitrogen and oxygen atoms in total. The summed E-state index contributed by atoms with van der Waals surface area (Å²) in [4.78, 5) is 49.5. The van der Waals surface area contributed by atoms with Gasteiger partial charge in [-0.15, -0.1) is 26.3 Å². The Bertz CT molecular complexity index is 2070. The van der Waals surface area contributed by atoms with Crippen molar-refractivity contribution in [3.05, 3.63) is 109 Å². The van der Waals surface area contributed by atoms with E-state index in [9.17, 15) is 45.1 Å². The molecule has 17 heteroatoms. The molecule has 0 unspecified atom stereocenters. The molecular formula is C60H90CaO14S2. The topological polar surface area (TPSA) is 220 Å². The van der Waals surface area contributed by atoms with E-state index in [4.69, 9.17) is 18.9 Å². The molecule has 0 aromatic heterocycles. The number of carbonyl (C=O) groups excluding carboxylic acids is 4. The van der Waals surface area contributed by atoms with Gasteiger partial charge in [0.15, 0.2) is 0 Å². The third-order valence-electron chi connectivity index (χ3n) is 12.6. The van der Waals surface area contributed by atoms with Crippen LogP contribution in [-0.4, -0.2) is 114 Å². The number of allylic oxidation sites excluding steroid dienone is 4. The molecule has 0 aliphatic carbocycles. The van der Waals surface area contributed by atoms with Crippen LogP contribution in [-0.2, 0) is 39.2 Å². The maximum atomic E-state index is 12.7. The quantitative estimate of drug-likeness (QED) is 0.0150. The van der Waals surface area contributed by atoms with E-state index < -0.39 is 53.9 Å². The number of benzene rings is 2. The standard InChI is InChI=1S/2C30H46O7S.Ca/c2*1-3-5-7-9-11-13-15-17-19-23-36-29(31)27-22-21-26(38(33,34)35)25-28(27)30(32)37-24-20-18-16-14-12-10-8-6-4-2;/h2*3-4,21-22,25H,1-2,5-20,23-24H2,(H,33,34,35);/q;;+2/p-2. The van der Waals surface area contributed by atoms with E-state index in [1.165, 1.54) is 38.5 Å². The third-order valence-corrected chi connectivity index (χ3v) is 14.2. The predicted octanol–water partition coefficient (Wildman–Crippen LogP) is 14.7. The van der Waals surface area contributed by atoms with Crippen LogP contribution in [0.2, 0.25) is 0 Å². The Morgan fingerprint density at radius 2 is 0.532 bits per heavy atom. The Labute approximate surface area is 493 Å². The number of esters is 4. The van der Waals surface area contributed by atoms with Gasteiger partial charge < -0.3 is 28.1 Å². The van der Waals surface area contributed by atoms with Crippen molar-refractivity contribution < 1.29 is 64.1 Å². The number of unbranched alkanes of at least 4 members (excludes halogenated alkanes) is 28. The molecule has 0 amide bonds. The molecule has 77 heavy (non-hydrogen) atoms. The molecule has 0 saturated carbocycles. The molecular weight excluding hydrogens is 1050 g/mol. The first-order valence-electron chi connectivity index (χ1n) is 27.9. The van der Waals surface area contributed by atoms with Gasteiger partial charge in [-0.2, -0.15) is 0 Å². The molecule has 0 aliphatic rings. The van der Waals surface area contributed by atoms with Crippen LogP contribution in [0, 0.1) is 0 Å². The predicted molar refractivity (Wildman–Crippen MR) is 304 cm³/mol. The molecule has 428 valence electrons. The number of rotatable bonds is 46. The average Bonchev–Trinajstić information content (AvgIpc) is 3.39. The van der Waals surface area contributed by atoms with Crippen LogP contribution in [0.1, 0.15) is 247 Å². The van der Waals surface area contributed by atoms with Crippen molar-refractivity contribution >= 4 is 81.9 Å². The van der Waals surface area contributed by atoms with Crippen LogP contribution in [0.5, 0.6) is 0 Å². The Morgan fingerprint density at radius 3 is 0.740 bits per heavy atom. The van der Waals surface area contributed by atoms with Crippen molar-refractivity contribution in [3.63, 3.8) is 0 Å². The van der Waals surface area contributed by atoms with E-state index in [1.807, 2.05) is 24.3 Å². The summed E-state index contributed by atoms with van der Waals surface area (Å²) < 4.78 is 90.0. The number of ether oxygens (including phenoxy) is 4. The molecule has 0 heterocycles. The zero-order valence-corrected chi connectivity index (χ0v) is 50.1. The van der Waals surface area contributed by atoms with Crippen molar-refractivity contribution in [3.8, 4) is 0 Å². The van der Waals surface area contributed by atoms with Gasteiger partial charge in [0.1, 0.15) is 20.2 Å². The summed E-state index contributed by atoms with van der Waals surface area (Å²) >= 11 is 0. The number of hydrogen-bond acceptors (Lipinski definition) is 14. The summed E-state index contributed by atoms with van der Waals surface area (Å²) in [6, 6.07) is 6.10. The first kappa shape index (κ1) is 73.4. The Kier molecular flexibility index (Phi) is 45.0. The Balaban J connectivity index is 0.00000148. The van der Waals surface area contributed by atoms with Gasteiger partial charge in [0.2, 0.25) is 0 Å². The van der Waals surface area contributed by atoms with Crippen LogP contribution >= 0.6 is 0 Å². The van der Waals surface area contributed by atoms with E-state index in [2.05, 4.69) is 26.3 Å². The van der Waals surface area contributed by atoms with Gasteiger partial charge in [-0.1, -0.05) is 153 Å². The minimum absolute atomic E-state index is 0. The zero-order chi connectivity index (χ0) is 56.1. The second-order valence-electron chi connectivity index (χ2n) is 19.1. The smallest absolute Gasteiger partial charge is 0.744 e. The van der Waals surface area contributed by atoms with Crippen molar-refractivity contribution in [1.82, 2.24) is 0 Å². The van der Waals surface area contributed by atoms with Crippen LogP contribution < -0.4 is 0 Å². The van der Waals surface area contributed by atoms with Gasteiger partial charge in [0.25, 0.3) is 0 Å². The summed E-state index contributed by atoms with van der Waals surface area (Å²) in [7, 11) is -9.61. The van der Waals surface area contributed by atoms with Gasteiger partial charge in [-0.05, 0) is 113 Å².